The average Bonchev–Trinajstić information content (AvgIpc) is 2.05. The van der Waals surface area contributed by atoms with Crippen molar-refractivity contribution in [2.45, 2.75) is 232 Å². The fourth-order valence-electron chi connectivity index (χ4n) is 16.8. The van der Waals surface area contributed by atoms with Crippen LogP contribution in [0.25, 0.3) is 11.0 Å². The quantitative estimate of drug-likeness (QED) is 0.160. The molecule has 7 aromatic carbocycles. The van der Waals surface area contributed by atoms with Crippen LogP contribution in [-0.4, -0.2) is 6.71 Å². The molecule has 2 aliphatic heterocycles. The summed E-state index contributed by atoms with van der Waals surface area (Å²) in [6.45, 7) is 46.4. The van der Waals surface area contributed by atoms with E-state index in [1.54, 1.807) is 0 Å². The maximum absolute atomic E-state index is 7.95. The van der Waals surface area contributed by atoms with Crippen molar-refractivity contribution < 1.29 is 4.42 Å². The summed E-state index contributed by atoms with van der Waals surface area (Å²) in [6, 6.07) is 51.3. The third-order valence-corrected chi connectivity index (χ3v) is 23.0. The number of hydrogen-bond donors (Lipinski definition) is 0. The minimum Gasteiger partial charge on any atom is -0.468 e. The highest BCUT2D eigenvalue weighted by Gasteiger charge is 2.51. The van der Waals surface area contributed by atoms with Crippen LogP contribution in [0, 0.1) is 0 Å². The number of anilines is 9. The number of fused-ring (bicyclic) bond motifs is 10. The number of benzene rings is 7. The lowest BCUT2D eigenvalue weighted by molar-refractivity contribution is 0.332. The molecule has 4 aliphatic carbocycles. The second kappa shape index (κ2) is 18.1. The number of hydrogen-bond acceptors (Lipinski definition) is 4. The number of rotatable bonds is 5. The maximum atomic E-state index is 7.95. The van der Waals surface area contributed by atoms with E-state index < -0.39 is 0 Å². The zero-order valence-electron chi connectivity index (χ0n) is 55.1. The Labute approximate surface area is 510 Å². The second-order valence-corrected chi connectivity index (χ2v) is 33.7. The van der Waals surface area contributed by atoms with Gasteiger partial charge in [-0.3, -0.25) is 0 Å². The lowest BCUT2D eigenvalue weighted by atomic mass is 9.35. The fourth-order valence-corrected chi connectivity index (χ4v) is 16.8. The van der Waals surface area contributed by atoms with Gasteiger partial charge in [-0.2, -0.15) is 0 Å². The van der Waals surface area contributed by atoms with Crippen molar-refractivity contribution in [2.75, 3.05) is 14.7 Å². The van der Waals surface area contributed by atoms with Gasteiger partial charge >= 0.3 is 0 Å². The Morgan fingerprint density at radius 2 is 0.800 bits per heavy atom. The van der Waals surface area contributed by atoms with Gasteiger partial charge in [-0.1, -0.05) is 180 Å². The normalized spacial score (nSPS) is 21.0. The first-order valence-corrected chi connectivity index (χ1v) is 32.5. The summed E-state index contributed by atoms with van der Waals surface area (Å²) in [5, 5.41) is 1.20. The van der Waals surface area contributed by atoms with Crippen LogP contribution in [0.5, 0.6) is 0 Å². The maximum Gasteiger partial charge on any atom is 0.297 e. The van der Waals surface area contributed by atoms with Crippen LogP contribution in [0.4, 0.5) is 51.2 Å². The van der Waals surface area contributed by atoms with Gasteiger partial charge in [0.2, 0.25) is 0 Å². The standard InChI is InChI=1S/C80H94BN3O/c1-72(2,3)49-25-27-51(28-26-49)82(50-23-21-20-22-24-50)54-43-66-69-67(44-54)84(53-30-32-57-59(42-53)76(10,11)36-34-74(57,6)7)70-55-45-60-63(80(18,19)40-37-77(60,12)13)48-68(55)85-71(70)81(69)64-46-61-62(79(16,17)39-38-78(61,14)15)47-65(64)83(66)52-29-31-56-58(41-52)75(8,9)35-33-73(56,4)5/h20-32,41-48H,33-40H2,1-19H3. The van der Waals surface area contributed by atoms with E-state index in [4.69, 9.17) is 4.42 Å². The van der Waals surface area contributed by atoms with Gasteiger partial charge in [0.25, 0.3) is 6.71 Å². The van der Waals surface area contributed by atoms with Crippen molar-refractivity contribution in [2.24, 2.45) is 0 Å². The molecular formula is C80H94BN3O. The predicted octanol–water partition coefficient (Wildman–Crippen LogP) is 20.7. The van der Waals surface area contributed by atoms with E-state index in [0.29, 0.717) is 0 Å². The van der Waals surface area contributed by atoms with E-state index in [-0.39, 0.29) is 55.4 Å². The molecule has 0 unspecified atom stereocenters. The Morgan fingerprint density at radius 3 is 1.29 bits per heavy atom. The van der Waals surface area contributed by atoms with Gasteiger partial charge in [0.1, 0.15) is 5.58 Å². The molecule has 438 valence electrons. The molecule has 1 aromatic heterocycles. The summed E-state index contributed by atoms with van der Waals surface area (Å²) in [5.74, 6) is 0. The van der Waals surface area contributed by atoms with E-state index >= 15 is 0 Å². The number of nitrogens with zero attached hydrogens (tertiary/aromatic N) is 3. The van der Waals surface area contributed by atoms with E-state index in [1.807, 2.05) is 0 Å². The summed E-state index contributed by atoms with van der Waals surface area (Å²) in [6.07, 6.45) is 9.17. The highest BCUT2D eigenvalue weighted by Crippen LogP contribution is 2.57. The molecular weight excluding hydrogens is 1030 g/mol. The van der Waals surface area contributed by atoms with Gasteiger partial charge < -0.3 is 19.1 Å². The fraction of sp³-hybridized carbons (Fsp3) is 0.450. The van der Waals surface area contributed by atoms with Crippen molar-refractivity contribution in [3.63, 3.8) is 0 Å². The van der Waals surface area contributed by atoms with E-state index in [9.17, 15) is 0 Å². The predicted molar refractivity (Wildman–Crippen MR) is 365 cm³/mol. The van der Waals surface area contributed by atoms with Crippen LogP contribution in [0.3, 0.4) is 0 Å². The van der Waals surface area contributed by atoms with Crippen molar-refractivity contribution >= 4 is 85.5 Å². The Bertz CT molecular complexity index is 4080. The van der Waals surface area contributed by atoms with E-state index in [1.165, 1.54) is 107 Å². The summed E-state index contributed by atoms with van der Waals surface area (Å²) >= 11 is 0. The summed E-state index contributed by atoms with van der Waals surface area (Å²) < 4.78 is 7.95. The Hall–Kier alpha value is -6.46. The molecule has 0 saturated heterocycles. The first-order chi connectivity index (χ1) is 39.7. The molecule has 0 atom stereocenters. The van der Waals surface area contributed by atoms with Crippen molar-refractivity contribution in [1.82, 2.24) is 0 Å². The molecule has 6 aliphatic rings. The Balaban J connectivity index is 1.16. The SMILES string of the molecule is CC(C)(C)c1ccc(N(c2ccccc2)c2cc3c4c(c2)N(c2ccc5c(c2)C(C)(C)CCC5(C)C)c2c(oc5cc6c(cc25)C(C)(C)CCC6(C)C)B4c2cc4c(cc2N3c2ccc3c(c2)C(C)(C)CCC3(C)C)C(C)(C)CCC4(C)C)cc1. The van der Waals surface area contributed by atoms with E-state index in [0.717, 1.165) is 73.3 Å². The zero-order valence-corrected chi connectivity index (χ0v) is 55.1. The molecule has 0 saturated carbocycles. The van der Waals surface area contributed by atoms with Crippen LogP contribution in [0.2, 0.25) is 0 Å². The van der Waals surface area contributed by atoms with Crippen molar-refractivity contribution in [1.29, 1.82) is 0 Å². The molecule has 3 heterocycles. The van der Waals surface area contributed by atoms with Crippen LogP contribution in [-0.2, 0) is 48.7 Å². The van der Waals surface area contributed by atoms with Crippen LogP contribution in [0.15, 0.2) is 132 Å². The largest absolute Gasteiger partial charge is 0.468 e. The molecule has 5 heteroatoms. The van der Waals surface area contributed by atoms with Crippen LogP contribution >= 0.6 is 0 Å². The highest BCUT2D eigenvalue weighted by molar-refractivity contribution is 7.00. The molecule has 85 heavy (non-hydrogen) atoms. The lowest BCUT2D eigenvalue weighted by Crippen LogP contribution is -2.61. The third kappa shape index (κ3) is 8.55. The smallest absolute Gasteiger partial charge is 0.297 e. The van der Waals surface area contributed by atoms with Crippen molar-refractivity contribution in [3.8, 4) is 0 Å². The molecule has 8 aromatic rings. The summed E-state index contributed by atoms with van der Waals surface area (Å²) in [5.41, 5.74) is 28.4. The van der Waals surface area contributed by atoms with Crippen LogP contribution < -0.4 is 31.3 Å². The molecule has 0 bridgehead atoms. The lowest BCUT2D eigenvalue weighted by Gasteiger charge is -2.47. The Kier molecular flexibility index (Phi) is 12.0. The van der Waals surface area contributed by atoms with Gasteiger partial charge in [0, 0.05) is 45.2 Å². The minimum absolute atomic E-state index is 0.00483. The zero-order chi connectivity index (χ0) is 60.3. The first-order valence-electron chi connectivity index (χ1n) is 32.5. The summed E-state index contributed by atoms with van der Waals surface area (Å²) in [4.78, 5) is 7.96. The molecule has 4 nitrogen and oxygen atoms in total. The first kappa shape index (κ1) is 56.4. The second-order valence-electron chi connectivity index (χ2n) is 33.7. The number of para-hydroxylation sites is 1. The summed E-state index contributed by atoms with van der Waals surface area (Å²) in [7, 11) is 0. The molecule has 0 amide bonds. The molecule has 14 rings (SSSR count). The number of furan rings is 1. The Morgan fingerprint density at radius 1 is 0.388 bits per heavy atom. The monoisotopic (exact) mass is 1120 g/mol. The van der Waals surface area contributed by atoms with Gasteiger partial charge in [-0.25, -0.2) is 0 Å². The van der Waals surface area contributed by atoms with Crippen molar-refractivity contribution in [3.05, 3.63) is 177 Å². The van der Waals surface area contributed by atoms with Gasteiger partial charge in [0.15, 0.2) is 0 Å². The van der Waals surface area contributed by atoms with Gasteiger partial charge in [-0.15, -0.1) is 0 Å². The highest BCUT2D eigenvalue weighted by atomic mass is 16.3. The molecule has 0 radical (unpaired) electrons. The minimum atomic E-state index is -0.203. The van der Waals surface area contributed by atoms with Crippen LogP contribution in [0.1, 0.15) is 233 Å². The molecule has 0 spiro atoms. The van der Waals surface area contributed by atoms with Gasteiger partial charge in [-0.05, 0) is 240 Å². The van der Waals surface area contributed by atoms with E-state index in [2.05, 4.69) is 274 Å². The molecule has 0 N–H and O–H groups in total. The topological polar surface area (TPSA) is 22.9 Å². The average molecular weight is 1120 g/mol. The third-order valence-electron chi connectivity index (χ3n) is 23.0. The molecule has 0 fully saturated rings. The van der Waals surface area contributed by atoms with Gasteiger partial charge in [0.05, 0.1) is 17.0 Å².